The van der Waals surface area contributed by atoms with Crippen LogP contribution < -0.4 is 5.56 Å². The van der Waals surface area contributed by atoms with Crippen LogP contribution in [0.2, 0.25) is 5.02 Å². The summed E-state index contributed by atoms with van der Waals surface area (Å²) in [5.74, 6) is 0. The number of aromatic nitrogens is 3. The van der Waals surface area contributed by atoms with Crippen LogP contribution in [0, 0.1) is 13.8 Å². The van der Waals surface area contributed by atoms with Crippen molar-refractivity contribution in [1.29, 1.82) is 0 Å². The predicted molar refractivity (Wildman–Crippen MR) is 120 cm³/mol. The van der Waals surface area contributed by atoms with Crippen molar-refractivity contribution < 1.29 is 0 Å². The van der Waals surface area contributed by atoms with Gasteiger partial charge in [0.15, 0.2) is 5.69 Å². The number of halogens is 2. The van der Waals surface area contributed by atoms with Gasteiger partial charge in [-0.25, -0.2) is 4.98 Å². The molecule has 0 amide bonds. The Morgan fingerprint density at radius 2 is 1.90 bits per heavy atom. The quantitative estimate of drug-likeness (QED) is 0.323. The molecule has 0 spiro atoms. The summed E-state index contributed by atoms with van der Waals surface area (Å²) in [5.41, 5.74) is 3.75. The number of aromatic amines is 1. The number of thiazole rings is 1. The van der Waals surface area contributed by atoms with Gasteiger partial charge < -0.3 is 0 Å². The molecule has 4 rings (SSSR count). The first-order chi connectivity index (χ1) is 13.9. The first-order valence-corrected chi connectivity index (χ1v) is 10.7. The Labute approximate surface area is 184 Å². The van der Waals surface area contributed by atoms with E-state index in [1.54, 1.807) is 25.1 Å². The number of nitrogens with zero attached hydrogens (tertiary/aromatic N) is 4. The van der Waals surface area contributed by atoms with E-state index in [0.29, 0.717) is 21.5 Å². The van der Waals surface area contributed by atoms with E-state index in [9.17, 15) is 4.79 Å². The average Bonchev–Trinajstić information content (AvgIpc) is 3.29. The van der Waals surface area contributed by atoms with Crippen LogP contribution in [0.15, 0.2) is 67.3 Å². The molecule has 0 unspecified atom stereocenters. The van der Waals surface area contributed by atoms with Gasteiger partial charge in [-0.1, -0.05) is 45.7 Å². The van der Waals surface area contributed by atoms with Crippen LogP contribution in [0.3, 0.4) is 0 Å². The summed E-state index contributed by atoms with van der Waals surface area (Å²) in [6.45, 7) is 3.64. The lowest BCUT2D eigenvalue weighted by atomic mass is 10.2. The number of hydrogen-bond acceptors (Lipinski definition) is 5. The van der Waals surface area contributed by atoms with E-state index in [0.717, 1.165) is 21.3 Å². The minimum Gasteiger partial charge on any atom is -0.291 e. The van der Waals surface area contributed by atoms with Gasteiger partial charge in [-0.15, -0.1) is 21.6 Å². The van der Waals surface area contributed by atoms with Crippen molar-refractivity contribution >= 4 is 50.2 Å². The van der Waals surface area contributed by atoms with E-state index < -0.39 is 0 Å². The zero-order chi connectivity index (χ0) is 20.5. The Bertz CT molecular complexity index is 1270. The van der Waals surface area contributed by atoms with Gasteiger partial charge in [-0.05, 0) is 43.7 Å². The van der Waals surface area contributed by atoms with Crippen LogP contribution in [0.1, 0.15) is 11.3 Å². The van der Waals surface area contributed by atoms with Crippen LogP contribution in [-0.2, 0) is 0 Å². The smallest absolute Gasteiger partial charge is 0.291 e. The number of rotatable bonds is 4. The minimum absolute atomic E-state index is 0.241. The summed E-state index contributed by atoms with van der Waals surface area (Å²) < 4.78 is 2.39. The number of H-pyrrole nitrogens is 1. The molecular weight excluding hydrogens is 474 g/mol. The molecule has 0 saturated carbocycles. The first-order valence-electron chi connectivity index (χ1n) is 8.64. The van der Waals surface area contributed by atoms with E-state index in [1.807, 2.05) is 36.6 Å². The monoisotopic (exact) mass is 487 g/mol. The number of aryl methyl sites for hydroxylation is 1. The summed E-state index contributed by atoms with van der Waals surface area (Å²) in [4.78, 5) is 17.5. The number of hydrogen-bond donors (Lipinski definition) is 1. The van der Waals surface area contributed by atoms with E-state index in [2.05, 4.69) is 36.2 Å². The highest BCUT2D eigenvalue weighted by molar-refractivity contribution is 9.10. The van der Waals surface area contributed by atoms with Gasteiger partial charge >= 0.3 is 5.56 Å². The highest BCUT2D eigenvalue weighted by Gasteiger charge is 2.15. The van der Waals surface area contributed by atoms with Crippen LogP contribution in [0.4, 0.5) is 11.4 Å². The Balaban J connectivity index is 1.67. The Hall–Kier alpha value is -2.55. The van der Waals surface area contributed by atoms with Crippen molar-refractivity contribution in [3.05, 3.63) is 79.0 Å². The zero-order valence-electron chi connectivity index (χ0n) is 15.5. The molecule has 9 heteroatoms. The van der Waals surface area contributed by atoms with Crippen molar-refractivity contribution in [3.8, 4) is 16.4 Å². The molecular formula is C20H15BrClN5OS. The SMILES string of the molecule is Cc1[nH]n(-c2nc(-c3ccc(Br)cc3)cs2)c(=O)c1N=Nc1cccc(Cl)c1C. The molecule has 0 fully saturated rings. The minimum atomic E-state index is -0.303. The maximum Gasteiger partial charge on any atom is 0.301 e. The third-order valence-electron chi connectivity index (χ3n) is 4.36. The van der Waals surface area contributed by atoms with Crippen molar-refractivity contribution in [3.63, 3.8) is 0 Å². The van der Waals surface area contributed by atoms with Gasteiger partial charge in [-0.3, -0.25) is 9.89 Å². The molecule has 0 aliphatic carbocycles. The summed E-state index contributed by atoms with van der Waals surface area (Å²) in [5, 5.41) is 14.5. The highest BCUT2D eigenvalue weighted by Crippen LogP contribution is 2.28. The molecule has 0 atom stereocenters. The molecule has 0 saturated heterocycles. The molecule has 2 heterocycles. The molecule has 0 aliphatic rings. The van der Waals surface area contributed by atoms with Gasteiger partial charge in [0.05, 0.1) is 17.1 Å². The molecule has 0 bridgehead atoms. The van der Waals surface area contributed by atoms with Crippen LogP contribution >= 0.6 is 38.9 Å². The van der Waals surface area contributed by atoms with E-state index >= 15 is 0 Å². The van der Waals surface area contributed by atoms with Gasteiger partial charge in [0.1, 0.15) is 0 Å². The normalized spacial score (nSPS) is 11.4. The average molecular weight is 489 g/mol. The Morgan fingerprint density at radius 1 is 1.14 bits per heavy atom. The highest BCUT2D eigenvalue weighted by atomic mass is 79.9. The summed E-state index contributed by atoms with van der Waals surface area (Å²) >= 11 is 10.9. The molecule has 2 aromatic heterocycles. The molecule has 4 aromatic rings. The van der Waals surface area contributed by atoms with Crippen molar-refractivity contribution in [2.45, 2.75) is 13.8 Å². The van der Waals surface area contributed by atoms with Gasteiger partial charge in [0, 0.05) is 20.4 Å². The topological polar surface area (TPSA) is 75.4 Å². The lowest BCUT2D eigenvalue weighted by Crippen LogP contribution is -2.13. The largest absolute Gasteiger partial charge is 0.301 e. The summed E-state index contributed by atoms with van der Waals surface area (Å²) in [6, 6.07) is 13.2. The third kappa shape index (κ3) is 3.96. The van der Waals surface area contributed by atoms with Crippen LogP contribution in [-0.4, -0.2) is 14.8 Å². The van der Waals surface area contributed by atoms with Crippen LogP contribution in [0.25, 0.3) is 16.4 Å². The summed E-state index contributed by atoms with van der Waals surface area (Å²) in [6.07, 6.45) is 0. The fraction of sp³-hybridized carbons (Fsp3) is 0.100. The van der Waals surface area contributed by atoms with E-state index in [-0.39, 0.29) is 11.2 Å². The predicted octanol–water partition coefficient (Wildman–Crippen LogP) is 6.74. The fourth-order valence-corrected chi connectivity index (χ4v) is 3.94. The Morgan fingerprint density at radius 3 is 2.66 bits per heavy atom. The van der Waals surface area contributed by atoms with E-state index in [1.165, 1.54) is 16.0 Å². The maximum atomic E-state index is 12.9. The molecule has 0 aliphatic heterocycles. The molecule has 29 heavy (non-hydrogen) atoms. The van der Waals surface area contributed by atoms with Crippen LogP contribution in [0.5, 0.6) is 0 Å². The number of azo groups is 1. The van der Waals surface area contributed by atoms with Gasteiger partial charge in [0.25, 0.3) is 0 Å². The van der Waals surface area contributed by atoms with Gasteiger partial charge in [0.2, 0.25) is 5.13 Å². The first kappa shape index (κ1) is 19.8. The van der Waals surface area contributed by atoms with E-state index in [4.69, 9.17) is 11.6 Å². The number of benzene rings is 2. The molecule has 1 N–H and O–H groups in total. The van der Waals surface area contributed by atoms with Gasteiger partial charge in [-0.2, -0.15) is 4.68 Å². The fourth-order valence-electron chi connectivity index (χ4n) is 2.72. The molecule has 146 valence electrons. The molecule has 6 nitrogen and oxygen atoms in total. The Kier molecular flexibility index (Phi) is 5.49. The zero-order valence-corrected chi connectivity index (χ0v) is 18.6. The summed E-state index contributed by atoms with van der Waals surface area (Å²) in [7, 11) is 0. The lowest BCUT2D eigenvalue weighted by molar-refractivity contribution is 0.827. The van der Waals surface area contributed by atoms with Crippen molar-refractivity contribution in [1.82, 2.24) is 14.8 Å². The molecule has 2 aromatic carbocycles. The second-order valence-corrected chi connectivity index (χ2v) is 8.49. The number of nitrogens with one attached hydrogen (secondary N) is 1. The standard InChI is InChI=1S/C20H15BrClN5OS/c1-11-15(22)4-3-5-16(11)24-25-18-12(2)26-27(19(18)28)20-23-17(10-29-20)13-6-8-14(21)9-7-13/h3-10,26H,1-2H3. The van der Waals surface area contributed by atoms with Crippen molar-refractivity contribution in [2.75, 3.05) is 0 Å². The molecule has 0 radical (unpaired) electrons. The maximum absolute atomic E-state index is 12.9. The lowest BCUT2D eigenvalue weighted by Gasteiger charge is -1.99. The van der Waals surface area contributed by atoms with Crippen molar-refractivity contribution in [2.24, 2.45) is 10.2 Å². The second-order valence-electron chi connectivity index (χ2n) is 6.33. The second kappa shape index (κ2) is 8.06. The third-order valence-corrected chi connectivity index (χ3v) is 6.12.